The highest BCUT2D eigenvalue weighted by molar-refractivity contribution is 5.82. The number of anilines is 1. The van der Waals surface area contributed by atoms with E-state index in [1.54, 1.807) is 0 Å². The Morgan fingerprint density at radius 2 is 1.92 bits per heavy atom. The van der Waals surface area contributed by atoms with Crippen molar-refractivity contribution in [1.29, 1.82) is 0 Å². The lowest BCUT2D eigenvalue weighted by Gasteiger charge is -2.41. The molecule has 1 amide bonds. The largest absolute Gasteiger partial charge is 0.368 e. The molecular formula is C21H29N3O. The van der Waals surface area contributed by atoms with E-state index in [2.05, 4.69) is 47.8 Å². The van der Waals surface area contributed by atoms with Crippen molar-refractivity contribution in [2.24, 2.45) is 0 Å². The van der Waals surface area contributed by atoms with Gasteiger partial charge in [0, 0.05) is 31.9 Å². The highest BCUT2D eigenvalue weighted by Crippen LogP contribution is 2.25. The first-order valence-corrected chi connectivity index (χ1v) is 9.39. The Morgan fingerprint density at radius 3 is 2.64 bits per heavy atom. The number of terminal acetylenes is 1. The molecule has 2 saturated heterocycles. The number of hydrogen-bond acceptors (Lipinski definition) is 3. The van der Waals surface area contributed by atoms with Crippen molar-refractivity contribution in [1.82, 2.24) is 9.80 Å². The molecule has 3 rings (SSSR count). The standard InChI is InChI=1S/C21H29N3O/c1-4-11-22-12-6-5-9-20(22)21(25)24-15-13-23(14-16-24)19-10-7-8-17(2)18(19)3/h1,7-8,10,20H,5-6,9,11-16H2,2-3H3/t20-/m1/s1. The molecule has 2 heterocycles. The summed E-state index contributed by atoms with van der Waals surface area (Å²) in [6.07, 6.45) is 8.70. The van der Waals surface area contributed by atoms with Crippen LogP contribution in [0.25, 0.3) is 0 Å². The van der Waals surface area contributed by atoms with Crippen LogP contribution in [0.3, 0.4) is 0 Å². The number of nitrogens with zero attached hydrogens (tertiary/aromatic N) is 3. The molecule has 0 radical (unpaired) electrons. The Hall–Kier alpha value is -1.99. The van der Waals surface area contributed by atoms with Crippen LogP contribution in [0.15, 0.2) is 18.2 Å². The molecule has 0 spiro atoms. The maximum atomic E-state index is 13.0. The van der Waals surface area contributed by atoms with E-state index in [4.69, 9.17) is 6.42 Å². The van der Waals surface area contributed by atoms with Crippen molar-refractivity contribution >= 4 is 11.6 Å². The molecule has 0 N–H and O–H groups in total. The van der Waals surface area contributed by atoms with E-state index < -0.39 is 0 Å². The zero-order valence-electron chi connectivity index (χ0n) is 15.5. The quantitative estimate of drug-likeness (QED) is 0.792. The van der Waals surface area contributed by atoms with Gasteiger partial charge in [0.25, 0.3) is 0 Å². The molecule has 25 heavy (non-hydrogen) atoms. The molecule has 0 aromatic heterocycles. The molecule has 1 aromatic rings. The number of aryl methyl sites for hydroxylation is 1. The zero-order valence-corrected chi connectivity index (χ0v) is 15.5. The maximum absolute atomic E-state index is 13.0. The van der Waals surface area contributed by atoms with Crippen molar-refractivity contribution in [3.63, 3.8) is 0 Å². The summed E-state index contributed by atoms with van der Waals surface area (Å²) in [6.45, 7) is 9.26. The summed E-state index contributed by atoms with van der Waals surface area (Å²) >= 11 is 0. The molecule has 2 aliphatic heterocycles. The molecule has 1 aromatic carbocycles. The van der Waals surface area contributed by atoms with E-state index in [0.29, 0.717) is 6.54 Å². The summed E-state index contributed by atoms with van der Waals surface area (Å²) in [5, 5.41) is 0. The summed E-state index contributed by atoms with van der Waals surface area (Å²) in [7, 11) is 0. The van der Waals surface area contributed by atoms with Crippen LogP contribution < -0.4 is 4.90 Å². The SMILES string of the molecule is C#CCN1CCCC[C@@H]1C(=O)N1CCN(c2cccc(C)c2C)CC1. The van der Waals surface area contributed by atoms with Gasteiger partial charge in [0.05, 0.1) is 12.6 Å². The third-order valence-electron chi connectivity index (χ3n) is 5.70. The smallest absolute Gasteiger partial charge is 0.240 e. The second kappa shape index (κ2) is 7.93. The van der Waals surface area contributed by atoms with Gasteiger partial charge in [-0.1, -0.05) is 24.5 Å². The fourth-order valence-corrected chi connectivity index (χ4v) is 4.03. The van der Waals surface area contributed by atoms with E-state index in [9.17, 15) is 4.79 Å². The van der Waals surface area contributed by atoms with Crippen LogP contribution in [0.5, 0.6) is 0 Å². The van der Waals surface area contributed by atoms with Crippen LogP contribution in [-0.4, -0.2) is 61.0 Å². The average molecular weight is 339 g/mol. The summed E-state index contributed by atoms with van der Waals surface area (Å²) in [4.78, 5) is 19.6. The lowest BCUT2D eigenvalue weighted by Crippen LogP contribution is -2.56. The van der Waals surface area contributed by atoms with Gasteiger partial charge in [-0.15, -0.1) is 6.42 Å². The maximum Gasteiger partial charge on any atom is 0.240 e. The van der Waals surface area contributed by atoms with Crippen LogP contribution in [0, 0.1) is 26.2 Å². The fourth-order valence-electron chi connectivity index (χ4n) is 4.03. The van der Waals surface area contributed by atoms with Gasteiger partial charge in [-0.2, -0.15) is 0 Å². The molecule has 4 heteroatoms. The second-order valence-corrected chi connectivity index (χ2v) is 7.22. The molecule has 0 unspecified atom stereocenters. The van der Waals surface area contributed by atoms with Crippen LogP contribution in [0.1, 0.15) is 30.4 Å². The van der Waals surface area contributed by atoms with Crippen LogP contribution >= 0.6 is 0 Å². The number of amides is 1. The summed E-state index contributed by atoms with van der Waals surface area (Å²) in [6, 6.07) is 6.45. The predicted molar refractivity (Wildman–Crippen MR) is 103 cm³/mol. The summed E-state index contributed by atoms with van der Waals surface area (Å²) < 4.78 is 0. The normalized spacial score (nSPS) is 21.9. The van der Waals surface area contributed by atoms with Crippen molar-refractivity contribution in [3.8, 4) is 12.3 Å². The lowest BCUT2D eigenvalue weighted by atomic mass is 10.0. The molecule has 0 aliphatic carbocycles. The third kappa shape index (κ3) is 3.82. The fraction of sp³-hybridized carbons (Fsp3) is 0.571. The van der Waals surface area contributed by atoms with E-state index in [0.717, 1.165) is 52.0 Å². The Bertz CT molecular complexity index is 656. The van der Waals surface area contributed by atoms with Gasteiger partial charge in [0.1, 0.15) is 0 Å². The molecule has 0 bridgehead atoms. The first-order valence-electron chi connectivity index (χ1n) is 9.39. The molecule has 2 aliphatic rings. The van der Waals surface area contributed by atoms with E-state index in [-0.39, 0.29) is 11.9 Å². The Kier molecular flexibility index (Phi) is 5.65. The van der Waals surface area contributed by atoms with E-state index in [1.165, 1.54) is 16.8 Å². The van der Waals surface area contributed by atoms with Crippen molar-refractivity contribution in [2.45, 2.75) is 39.2 Å². The Balaban J connectivity index is 1.62. The Morgan fingerprint density at radius 1 is 1.16 bits per heavy atom. The first kappa shape index (κ1) is 17.8. The number of rotatable bonds is 3. The number of hydrogen-bond donors (Lipinski definition) is 0. The van der Waals surface area contributed by atoms with Crippen LogP contribution in [0.2, 0.25) is 0 Å². The van der Waals surface area contributed by atoms with Gasteiger partial charge in [0.2, 0.25) is 5.91 Å². The Labute approximate surface area is 151 Å². The van der Waals surface area contributed by atoms with Gasteiger partial charge in [-0.25, -0.2) is 0 Å². The minimum atomic E-state index is -0.0166. The molecule has 0 saturated carbocycles. The second-order valence-electron chi connectivity index (χ2n) is 7.22. The van der Waals surface area contributed by atoms with E-state index in [1.807, 2.05) is 4.90 Å². The van der Waals surface area contributed by atoms with Gasteiger partial charge >= 0.3 is 0 Å². The van der Waals surface area contributed by atoms with Gasteiger partial charge in [0.15, 0.2) is 0 Å². The van der Waals surface area contributed by atoms with Gasteiger partial charge in [-0.3, -0.25) is 9.69 Å². The number of carbonyl (C=O) groups excluding carboxylic acids is 1. The topological polar surface area (TPSA) is 26.8 Å². The van der Waals surface area contributed by atoms with Crippen molar-refractivity contribution < 1.29 is 4.79 Å². The first-order chi connectivity index (χ1) is 12.1. The predicted octanol–water partition coefficient (Wildman–Crippen LogP) is 2.44. The number of piperazine rings is 1. The molecule has 134 valence electrons. The number of piperidine rings is 1. The van der Waals surface area contributed by atoms with E-state index >= 15 is 0 Å². The van der Waals surface area contributed by atoms with Crippen LogP contribution in [-0.2, 0) is 4.79 Å². The summed E-state index contributed by atoms with van der Waals surface area (Å²) in [5.74, 6) is 2.99. The minimum Gasteiger partial charge on any atom is -0.368 e. The van der Waals surface area contributed by atoms with Crippen molar-refractivity contribution in [3.05, 3.63) is 29.3 Å². The van der Waals surface area contributed by atoms with Crippen molar-refractivity contribution in [2.75, 3.05) is 44.2 Å². The lowest BCUT2D eigenvalue weighted by molar-refractivity contribution is -0.138. The average Bonchev–Trinajstić information content (AvgIpc) is 2.64. The minimum absolute atomic E-state index is 0.0166. The number of benzene rings is 1. The van der Waals surface area contributed by atoms with Crippen LogP contribution in [0.4, 0.5) is 5.69 Å². The third-order valence-corrected chi connectivity index (χ3v) is 5.70. The van der Waals surface area contributed by atoms with Gasteiger partial charge in [-0.05, 0) is 50.4 Å². The highest BCUT2D eigenvalue weighted by Gasteiger charge is 2.33. The molecule has 1 atom stereocenters. The molecular weight excluding hydrogens is 310 g/mol. The molecule has 2 fully saturated rings. The van der Waals surface area contributed by atoms with Gasteiger partial charge < -0.3 is 9.80 Å². The zero-order chi connectivity index (χ0) is 17.8. The highest BCUT2D eigenvalue weighted by atomic mass is 16.2. The number of likely N-dealkylation sites (tertiary alicyclic amines) is 1. The molecule has 4 nitrogen and oxygen atoms in total. The number of carbonyl (C=O) groups is 1. The monoisotopic (exact) mass is 339 g/mol. The summed E-state index contributed by atoms with van der Waals surface area (Å²) in [5.41, 5.74) is 3.97.